The number of aliphatic carboxylic acids is 1. The van der Waals surface area contributed by atoms with Crippen molar-refractivity contribution in [2.45, 2.75) is 26.1 Å². The first-order valence-corrected chi connectivity index (χ1v) is 7.06. The first kappa shape index (κ1) is 16.1. The molecule has 0 aliphatic carbocycles. The third-order valence-corrected chi connectivity index (χ3v) is 3.47. The van der Waals surface area contributed by atoms with E-state index in [4.69, 9.17) is 5.11 Å². The van der Waals surface area contributed by atoms with Gasteiger partial charge in [0.05, 0.1) is 23.4 Å². The Morgan fingerprint density at radius 2 is 1.86 bits per heavy atom. The standard InChI is InChI=1S/C17H19NO4/c1-10(19)14(17(21)22)7-4-12-3-5-13-6-8-15(11(2)20)18-16(13)9-12/h3-11,14,19-20H,1-2H3,(H,21,22)/b7-4+/t10-,11+,14?/m0/s1. The molecule has 0 saturated carbocycles. The van der Waals surface area contributed by atoms with Gasteiger partial charge >= 0.3 is 5.97 Å². The number of hydrogen-bond donors (Lipinski definition) is 3. The Labute approximate surface area is 128 Å². The maximum atomic E-state index is 11.0. The highest BCUT2D eigenvalue weighted by Gasteiger charge is 2.19. The maximum absolute atomic E-state index is 11.0. The van der Waals surface area contributed by atoms with Gasteiger partial charge in [-0.3, -0.25) is 9.78 Å². The summed E-state index contributed by atoms with van der Waals surface area (Å²) in [5.41, 5.74) is 2.10. The van der Waals surface area contributed by atoms with Crippen LogP contribution in [0.5, 0.6) is 0 Å². The van der Waals surface area contributed by atoms with E-state index in [2.05, 4.69) is 4.98 Å². The number of carboxylic acids is 1. The van der Waals surface area contributed by atoms with Crippen molar-refractivity contribution in [1.82, 2.24) is 4.98 Å². The molecule has 3 N–H and O–H groups in total. The summed E-state index contributed by atoms with van der Waals surface area (Å²) in [6.45, 7) is 3.10. The van der Waals surface area contributed by atoms with Crippen molar-refractivity contribution in [3.05, 3.63) is 47.7 Å². The summed E-state index contributed by atoms with van der Waals surface area (Å²) in [4.78, 5) is 15.4. The van der Waals surface area contributed by atoms with Crippen LogP contribution in [0.25, 0.3) is 17.0 Å². The lowest BCUT2D eigenvalue weighted by molar-refractivity contribution is -0.142. The summed E-state index contributed by atoms with van der Waals surface area (Å²) in [6.07, 6.45) is 1.51. The normalized spacial score (nSPS) is 15.8. The van der Waals surface area contributed by atoms with E-state index in [1.54, 1.807) is 19.1 Å². The van der Waals surface area contributed by atoms with Gasteiger partial charge in [-0.15, -0.1) is 0 Å². The van der Waals surface area contributed by atoms with Crippen LogP contribution < -0.4 is 0 Å². The predicted molar refractivity (Wildman–Crippen MR) is 84.2 cm³/mol. The van der Waals surface area contributed by atoms with Crippen LogP contribution in [0.15, 0.2) is 36.4 Å². The van der Waals surface area contributed by atoms with Gasteiger partial charge in [0.25, 0.3) is 0 Å². The zero-order valence-corrected chi connectivity index (χ0v) is 12.5. The van der Waals surface area contributed by atoms with Gasteiger partial charge < -0.3 is 15.3 Å². The number of nitrogens with zero attached hydrogens (tertiary/aromatic N) is 1. The van der Waals surface area contributed by atoms with Crippen LogP contribution >= 0.6 is 0 Å². The molecule has 3 atom stereocenters. The number of aliphatic hydroxyl groups excluding tert-OH is 2. The molecule has 116 valence electrons. The van der Waals surface area contributed by atoms with Crippen LogP contribution in [0.1, 0.15) is 31.2 Å². The van der Waals surface area contributed by atoms with E-state index < -0.39 is 24.1 Å². The Morgan fingerprint density at radius 3 is 2.45 bits per heavy atom. The Kier molecular flexibility index (Phi) is 4.90. The fourth-order valence-corrected chi connectivity index (χ4v) is 2.15. The topological polar surface area (TPSA) is 90.7 Å². The lowest BCUT2D eigenvalue weighted by atomic mass is 10.0. The van der Waals surface area contributed by atoms with Gasteiger partial charge in [-0.1, -0.05) is 30.4 Å². The fraction of sp³-hybridized carbons (Fsp3) is 0.294. The average molecular weight is 301 g/mol. The lowest BCUT2D eigenvalue weighted by Gasteiger charge is -2.10. The van der Waals surface area contributed by atoms with Gasteiger partial charge in [-0.2, -0.15) is 0 Å². The molecule has 2 rings (SSSR count). The smallest absolute Gasteiger partial charge is 0.313 e. The highest BCUT2D eigenvalue weighted by Crippen LogP contribution is 2.19. The summed E-state index contributed by atoms with van der Waals surface area (Å²) in [6, 6.07) is 9.21. The molecule has 2 aromatic rings. The van der Waals surface area contributed by atoms with Crippen molar-refractivity contribution in [3.8, 4) is 0 Å². The number of fused-ring (bicyclic) bond motifs is 1. The number of hydrogen-bond acceptors (Lipinski definition) is 4. The van der Waals surface area contributed by atoms with E-state index in [-0.39, 0.29) is 0 Å². The second-order valence-electron chi connectivity index (χ2n) is 5.33. The first-order chi connectivity index (χ1) is 10.4. The quantitative estimate of drug-likeness (QED) is 0.789. The fourth-order valence-electron chi connectivity index (χ4n) is 2.15. The van der Waals surface area contributed by atoms with Crippen LogP contribution in [0.2, 0.25) is 0 Å². The molecule has 1 aromatic carbocycles. The number of benzene rings is 1. The Balaban J connectivity index is 2.34. The minimum absolute atomic E-state index is 0.584. The number of pyridine rings is 1. The van der Waals surface area contributed by atoms with Gasteiger partial charge in [0.2, 0.25) is 0 Å². The zero-order valence-electron chi connectivity index (χ0n) is 12.5. The molecule has 0 amide bonds. The molecule has 0 radical (unpaired) electrons. The molecule has 0 aliphatic rings. The zero-order chi connectivity index (χ0) is 16.3. The van der Waals surface area contributed by atoms with Crippen molar-refractivity contribution in [3.63, 3.8) is 0 Å². The highest BCUT2D eigenvalue weighted by atomic mass is 16.4. The molecule has 0 fully saturated rings. The molecule has 1 unspecified atom stereocenters. The molecule has 22 heavy (non-hydrogen) atoms. The van der Waals surface area contributed by atoms with E-state index >= 15 is 0 Å². The van der Waals surface area contributed by atoms with E-state index in [1.807, 2.05) is 24.3 Å². The van der Waals surface area contributed by atoms with Gasteiger partial charge in [-0.25, -0.2) is 0 Å². The van der Waals surface area contributed by atoms with E-state index in [0.29, 0.717) is 5.69 Å². The molecule has 0 bridgehead atoms. The first-order valence-electron chi connectivity index (χ1n) is 7.06. The summed E-state index contributed by atoms with van der Waals surface area (Å²) in [5, 5.41) is 29.0. The van der Waals surface area contributed by atoms with Gasteiger partial charge in [0.15, 0.2) is 0 Å². The Bertz CT molecular complexity index is 707. The Hall–Kier alpha value is -2.24. The largest absolute Gasteiger partial charge is 0.481 e. The second kappa shape index (κ2) is 6.68. The van der Waals surface area contributed by atoms with Crippen molar-refractivity contribution in [2.75, 3.05) is 0 Å². The number of aliphatic hydroxyl groups is 2. The summed E-state index contributed by atoms with van der Waals surface area (Å²) in [5.74, 6) is -2.02. The molecule has 1 heterocycles. The van der Waals surface area contributed by atoms with Crippen molar-refractivity contribution in [1.29, 1.82) is 0 Å². The molecule has 1 aromatic heterocycles. The Morgan fingerprint density at radius 1 is 1.18 bits per heavy atom. The lowest BCUT2D eigenvalue weighted by Crippen LogP contribution is -2.23. The third kappa shape index (κ3) is 3.69. The average Bonchev–Trinajstić information content (AvgIpc) is 2.45. The highest BCUT2D eigenvalue weighted by molar-refractivity contribution is 5.82. The van der Waals surface area contributed by atoms with Crippen LogP contribution in [-0.4, -0.2) is 32.4 Å². The summed E-state index contributed by atoms with van der Waals surface area (Å²) >= 11 is 0. The molecule has 0 aliphatic heterocycles. The number of aromatic nitrogens is 1. The minimum atomic E-state index is -1.07. The second-order valence-corrected chi connectivity index (χ2v) is 5.33. The molecule has 5 heteroatoms. The monoisotopic (exact) mass is 301 g/mol. The van der Waals surface area contributed by atoms with Crippen LogP contribution in [0.3, 0.4) is 0 Å². The van der Waals surface area contributed by atoms with E-state index in [0.717, 1.165) is 16.5 Å². The van der Waals surface area contributed by atoms with Gasteiger partial charge in [0, 0.05) is 5.39 Å². The summed E-state index contributed by atoms with van der Waals surface area (Å²) in [7, 11) is 0. The molecule has 0 saturated heterocycles. The van der Waals surface area contributed by atoms with Crippen LogP contribution in [0.4, 0.5) is 0 Å². The molecular formula is C17H19NO4. The number of rotatable bonds is 5. The minimum Gasteiger partial charge on any atom is -0.481 e. The third-order valence-electron chi connectivity index (χ3n) is 3.47. The van der Waals surface area contributed by atoms with E-state index in [1.165, 1.54) is 13.0 Å². The number of carboxylic acid groups (broad SMARTS) is 1. The van der Waals surface area contributed by atoms with Gasteiger partial charge in [-0.05, 0) is 31.5 Å². The predicted octanol–water partition coefficient (Wildman–Crippen LogP) is 2.38. The molecule has 5 nitrogen and oxygen atoms in total. The molecule has 0 spiro atoms. The SMILES string of the molecule is C[C@H](O)C(/C=C/c1ccc2ccc([C@@H](C)O)nc2c1)C(=O)O. The van der Waals surface area contributed by atoms with Crippen LogP contribution in [0, 0.1) is 5.92 Å². The number of carbonyl (C=O) groups is 1. The van der Waals surface area contributed by atoms with E-state index in [9.17, 15) is 15.0 Å². The van der Waals surface area contributed by atoms with Crippen molar-refractivity contribution < 1.29 is 20.1 Å². The van der Waals surface area contributed by atoms with Gasteiger partial charge in [0.1, 0.15) is 5.92 Å². The van der Waals surface area contributed by atoms with Crippen molar-refractivity contribution in [2.24, 2.45) is 5.92 Å². The maximum Gasteiger partial charge on any atom is 0.313 e. The van der Waals surface area contributed by atoms with Crippen molar-refractivity contribution >= 4 is 22.9 Å². The van der Waals surface area contributed by atoms with Crippen LogP contribution in [-0.2, 0) is 4.79 Å². The summed E-state index contributed by atoms with van der Waals surface area (Å²) < 4.78 is 0. The molecular weight excluding hydrogens is 282 g/mol.